The number of hydrogen-bond acceptors (Lipinski definition) is 5. The zero-order valence-electron chi connectivity index (χ0n) is 9.27. The van der Waals surface area contributed by atoms with Gasteiger partial charge in [-0.3, -0.25) is 4.79 Å². The van der Waals surface area contributed by atoms with Crippen LogP contribution in [0.15, 0.2) is 4.34 Å². The van der Waals surface area contributed by atoms with E-state index in [0.29, 0.717) is 5.75 Å². The summed E-state index contributed by atoms with van der Waals surface area (Å²) in [5.74, 6) is -0.229. The Morgan fingerprint density at radius 2 is 2.31 bits per heavy atom. The SMILES string of the molecule is CCC(O)CSc1nc(C)c(CC(=O)O)s1. The summed E-state index contributed by atoms with van der Waals surface area (Å²) in [5, 5.41) is 18.1. The topological polar surface area (TPSA) is 70.4 Å². The molecule has 0 aliphatic carbocycles. The Hall–Kier alpha value is -0.590. The summed E-state index contributed by atoms with van der Waals surface area (Å²) in [4.78, 5) is 15.6. The van der Waals surface area contributed by atoms with Crippen molar-refractivity contribution in [3.63, 3.8) is 0 Å². The molecule has 0 radical (unpaired) electrons. The van der Waals surface area contributed by atoms with Crippen LogP contribution in [0, 0.1) is 6.92 Å². The number of aliphatic hydroxyl groups is 1. The van der Waals surface area contributed by atoms with Gasteiger partial charge in [-0.15, -0.1) is 11.3 Å². The van der Waals surface area contributed by atoms with Gasteiger partial charge in [0.2, 0.25) is 0 Å². The number of carboxylic acids is 1. The maximum atomic E-state index is 10.6. The lowest BCUT2D eigenvalue weighted by molar-refractivity contribution is -0.136. The van der Waals surface area contributed by atoms with E-state index in [1.54, 1.807) is 0 Å². The summed E-state index contributed by atoms with van der Waals surface area (Å²) in [6.45, 7) is 3.74. The van der Waals surface area contributed by atoms with Gasteiger partial charge in [0.1, 0.15) is 4.34 Å². The molecule has 1 rings (SSSR count). The Morgan fingerprint density at radius 3 is 2.88 bits per heavy atom. The van der Waals surface area contributed by atoms with Crippen molar-refractivity contribution in [1.29, 1.82) is 0 Å². The van der Waals surface area contributed by atoms with Crippen molar-refractivity contribution in [1.82, 2.24) is 4.98 Å². The first-order valence-corrected chi connectivity index (χ1v) is 6.82. The molecule has 0 saturated carbocycles. The van der Waals surface area contributed by atoms with Gasteiger partial charge in [-0.1, -0.05) is 18.7 Å². The number of aliphatic hydroxyl groups excluding tert-OH is 1. The Balaban J connectivity index is 2.58. The van der Waals surface area contributed by atoms with Crippen LogP contribution in [0.25, 0.3) is 0 Å². The predicted octanol–water partition coefficient (Wildman–Crippen LogP) is 1.94. The number of nitrogens with zero attached hydrogens (tertiary/aromatic N) is 1. The second-order valence-electron chi connectivity index (χ2n) is 3.43. The highest BCUT2D eigenvalue weighted by Gasteiger charge is 2.12. The van der Waals surface area contributed by atoms with Gasteiger partial charge >= 0.3 is 5.97 Å². The number of hydrogen-bond donors (Lipinski definition) is 2. The van der Waals surface area contributed by atoms with Crippen molar-refractivity contribution in [2.75, 3.05) is 5.75 Å². The van der Waals surface area contributed by atoms with Crippen LogP contribution in [0.1, 0.15) is 23.9 Å². The fourth-order valence-corrected chi connectivity index (χ4v) is 3.35. The van der Waals surface area contributed by atoms with Gasteiger partial charge in [0.05, 0.1) is 18.2 Å². The maximum absolute atomic E-state index is 10.6. The number of aryl methyl sites for hydroxylation is 1. The number of thiazole rings is 1. The van der Waals surface area contributed by atoms with E-state index in [0.717, 1.165) is 21.3 Å². The quantitative estimate of drug-likeness (QED) is 0.766. The van der Waals surface area contributed by atoms with Gasteiger partial charge in [-0.25, -0.2) is 4.98 Å². The molecule has 0 aliphatic heterocycles. The number of carboxylic acid groups (broad SMARTS) is 1. The van der Waals surface area contributed by atoms with Crippen molar-refractivity contribution < 1.29 is 15.0 Å². The fraction of sp³-hybridized carbons (Fsp3) is 0.600. The third-order valence-electron chi connectivity index (χ3n) is 2.06. The van der Waals surface area contributed by atoms with Gasteiger partial charge in [-0.2, -0.15) is 0 Å². The van der Waals surface area contributed by atoms with E-state index < -0.39 is 5.97 Å². The molecule has 2 N–H and O–H groups in total. The van der Waals surface area contributed by atoms with Crippen LogP contribution in [0.4, 0.5) is 0 Å². The molecule has 0 bridgehead atoms. The molecule has 0 saturated heterocycles. The molecule has 0 fully saturated rings. The minimum Gasteiger partial charge on any atom is -0.481 e. The molecular weight excluding hydrogens is 246 g/mol. The van der Waals surface area contributed by atoms with E-state index in [-0.39, 0.29) is 12.5 Å². The van der Waals surface area contributed by atoms with E-state index in [2.05, 4.69) is 4.98 Å². The molecule has 1 aromatic rings. The van der Waals surface area contributed by atoms with Crippen molar-refractivity contribution in [3.05, 3.63) is 10.6 Å². The van der Waals surface area contributed by atoms with E-state index in [1.807, 2.05) is 13.8 Å². The minimum atomic E-state index is -0.836. The Labute approximate surface area is 103 Å². The fourth-order valence-electron chi connectivity index (χ4n) is 1.05. The molecule has 6 heteroatoms. The summed E-state index contributed by atoms with van der Waals surface area (Å²) < 4.78 is 0.834. The second-order valence-corrected chi connectivity index (χ2v) is 5.78. The number of aromatic nitrogens is 1. The van der Waals surface area contributed by atoms with Crippen molar-refractivity contribution in [2.45, 2.75) is 37.1 Å². The zero-order valence-corrected chi connectivity index (χ0v) is 10.9. The summed E-state index contributed by atoms with van der Waals surface area (Å²) in [6.07, 6.45) is 0.428. The number of rotatable bonds is 6. The lowest BCUT2D eigenvalue weighted by Crippen LogP contribution is -2.06. The van der Waals surface area contributed by atoms with Gasteiger partial charge in [0.15, 0.2) is 0 Å². The molecule has 1 unspecified atom stereocenters. The van der Waals surface area contributed by atoms with Crippen molar-refractivity contribution in [2.24, 2.45) is 0 Å². The lowest BCUT2D eigenvalue weighted by atomic mass is 10.3. The van der Waals surface area contributed by atoms with E-state index >= 15 is 0 Å². The van der Waals surface area contributed by atoms with Crippen LogP contribution in [0.3, 0.4) is 0 Å². The molecule has 0 amide bonds. The Morgan fingerprint density at radius 1 is 1.62 bits per heavy atom. The second kappa shape index (κ2) is 6.22. The monoisotopic (exact) mass is 261 g/mol. The zero-order chi connectivity index (χ0) is 12.1. The third kappa shape index (κ3) is 4.11. The summed E-state index contributed by atoms with van der Waals surface area (Å²) >= 11 is 2.88. The average Bonchev–Trinajstić information content (AvgIpc) is 2.55. The molecule has 1 heterocycles. The predicted molar refractivity (Wildman–Crippen MR) is 65.2 cm³/mol. The van der Waals surface area contributed by atoms with Gasteiger partial charge in [0.25, 0.3) is 0 Å². The van der Waals surface area contributed by atoms with Crippen LogP contribution in [-0.4, -0.2) is 33.0 Å². The normalized spacial score (nSPS) is 12.7. The minimum absolute atomic E-state index is 0.0282. The van der Waals surface area contributed by atoms with Crippen LogP contribution < -0.4 is 0 Å². The van der Waals surface area contributed by atoms with Crippen LogP contribution in [0.5, 0.6) is 0 Å². The van der Waals surface area contributed by atoms with E-state index in [4.69, 9.17) is 5.11 Å². The number of aliphatic carboxylic acids is 1. The van der Waals surface area contributed by atoms with Crippen molar-refractivity contribution >= 4 is 29.1 Å². The van der Waals surface area contributed by atoms with Gasteiger partial charge < -0.3 is 10.2 Å². The highest BCUT2D eigenvalue weighted by molar-refractivity contribution is 8.01. The molecule has 0 spiro atoms. The Kier molecular flexibility index (Phi) is 5.24. The third-order valence-corrected chi connectivity index (χ3v) is 4.50. The Bertz CT molecular complexity index is 365. The van der Waals surface area contributed by atoms with Crippen LogP contribution in [-0.2, 0) is 11.2 Å². The smallest absolute Gasteiger partial charge is 0.308 e. The number of carbonyl (C=O) groups is 1. The maximum Gasteiger partial charge on any atom is 0.308 e. The van der Waals surface area contributed by atoms with E-state index in [9.17, 15) is 9.90 Å². The summed E-state index contributed by atoms with van der Waals surface area (Å²) in [6, 6.07) is 0. The first kappa shape index (κ1) is 13.5. The van der Waals surface area contributed by atoms with Crippen molar-refractivity contribution in [3.8, 4) is 0 Å². The van der Waals surface area contributed by atoms with Gasteiger partial charge in [-0.05, 0) is 13.3 Å². The van der Waals surface area contributed by atoms with E-state index in [1.165, 1.54) is 23.1 Å². The summed E-state index contributed by atoms with van der Waals surface area (Å²) in [7, 11) is 0. The van der Waals surface area contributed by atoms with Crippen LogP contribution in [0.2, 0.25) is 0 Å². The lowest BCUT2D eigenvalue weighted by Gasteiger charge is -2.03. The highest BCUT2D eigenvalue weighted by Crippen LogP contribution is 2.28. The molecular formula is C10H15NO3S2. The van der Waals surface area contributed by atoms with Crippen LogP contribution >= 0.6 is 23.1 Å². The highest BCUT2D eigenvalue weighted by atomic mass is 32.2. The molecule has 0 aromatic carbocycles. The molecule has 1 aromatic heterocycles. The molecule has 16 heavy (non-hydrogen) atoms. The first-order chi connectivity index (χ1) is 7.52. The standard InChI is InChI=1S/C10H15NO3S2/c1-3-7(12)5-15-10-11-6(2)8(16-10)4-9(13)14/h7,12H,3-5H2,1-2H3,(H,13,14). The largest absolute Gasteiger partial charge is 0.481 e. The summed E-state index contributed by atoms with van der Waals surface area (Å²) in [5.41, 5.74) is 0.779. The average molecular weight is 261 g/mol. The number of thioether (sulfide) groups is 1. The van der Waals surface area contributed by atoms with Gasteiger partial charge in [0, 0.05) is 10.6 Å². The molecule has 0 aliphatic rings. The molecule has 90 valence electrons. The molecule has 4 nitrogen and oxygen atoms in total. The first-order valence-electron chi connectivity index (χ1n) is 5.01. The molecule has 1 atom stereocenters.